The van der Waals surface area contributed by atoms with E-state index in [0.29, 0.717) is 19.0 Å². The van der Waals surface area contributed by atoms with Crippen LogP contribution >= 0.6 is 0 Å². The van der Waals surface area contributed by atoms with Gasteiger partial charge in [-0.1, -0.05) is 12.0 Å². The molecule has 1 aliphatic rings. The largest absolute Gasteiger partial charge is 0.497 e. The second-order valence-electron chi connectivity index (χ2n) is 6.32. The lowest BCUT2D eigenvalue weighted by Gasteiger charge is -2.27. The van der Waals surface area contributed by atoms with Gasteiger partial charge < -0.3 is 13.9 Å². The molecular formula is C20H25N3O3. The molecule has 2 aromatic rings. The molecule has 0 aliphatic carbocycles. The van der Waals surface area contributed by atoms with Crippen LogP contribution in [-0.4, -0.2) is 38.8 Å². The van der Waals surface area contributed by atoms with Gasteiger partial charge in [0.05, 0.1) is 39.6 Å². The Morgan fingerprint density at radius 1 is 1.31 bits per heavy atom. The molecule has 3 rings (SSSR count). The number of furan rings is 1. The number of nitrogens with one attached hydrogen (secondary N) is 2. The van der Waals surface area contributed by atoms with Crippen LogP contribution in [0.25, 0.3) is 0 Å². The molecule has 1 fully saturated rings. The van der Waals surface area contributed by atoms with Gasteiger partial charge in [-0.25, -0.2) is 5.43 Å². The maximum atomic E-state index is 5.58. The van der Waals surface area contributed by atoms with Crippen LogP contribution in [0.1, 0.15) is 17.4 Å². The highest BCUT2D eigenvalue weighted by Gasteiger charge is 2.32. The van der Waals surface area contributed by atoms with Crippen LogP contribution in [0.3, 0.4) is 0 Å². The topological polar surface area (TPSA) is 58.9 Å². The second-order valence-corrected chi connectivity index (χ2v) is 6.32. The minimum absolute atomic E-state index is 0.118. The van der Waals surface area contributed by atoms with Crippen molar-refractivity contribution in [1.82, 2.24) is 15.8 Å². The summed E-state index contributed by atoms with van der Waals surface area (Å²) in [6, 6.07) is 9.90. The fourth-order valence-corrected chi connectivity index (χ4v) is 3.38. The van der Waals surface area contributed by atoms with E-state index in [2.05, 4.69) is 21.7 Å². The summed E-state index contributed by atoms with van der Waals surface area (Å²) in [6.45, 7) is 2.95. The average Bonchev–Trinajstić information content (AvgIpc) is 3.33. The van der Waals surface area contributed by atoms with Crippen molar-refractivity contribution >= 4 is 0 Å². The maximum absolute atomic E-state index is 5.58. The predicted molar refractivity (Wildman–Crippen MR) is 99.7 cm³/mol. The van der Waals surface area contributed by atoms with Crippen LogP contribution in [0.15, 0.2) is 41.0 Å². The predicted octanol–water partition coefficient (Wildman–Crippen LogP) is 2.20. The third kappa shape index (κ3) is 4.20. The molecule has 6 nitrogen and oxygen atoms in total. The number of hydrazine groups is 1. The molecule has 2 N–H and O–H groups in total. The molecule has 0 radical (unpaired) electrons. The minimum atomic E-state index is 0.118. The molecular weight excluding hydrogens is 330 g/mol. The van der Waals surface area contributed by atoms with Gasteiger partial charge in [0.2, 0.25) is 0 Å². The second kappa shape index (κ2) is 8.77. The molecule has 1 saturated heterocycles. The molecule has 2 unspecified atom stereocenters. The Balaban J connectivity index is 1.75. The monoisotopic (exact) mass is 355 g/mol. The standard InChI is InChI=1S/C20H25N3O3/c1-4-9-23(14-17-6-5-10-26-17)13-15-12-21-22-20(15)18-8-7-16(24-2)11-19(18)25-3/h1,5-8,10-11,15,20-22H,9,12-14H2,2-3H3. The number of ether oxygens (including phenoxy) is 2. The van der Waals surface area contributed by atoms with Gasteiger partial charge in [0.1, 0.15) is 17.3 Å². The molecule has 1 aromatic carbocycles. The van der Waals surface area contributed by atoms with E-state index in [0.717, 1.165) is 35.9 Å². The van der Waals surface area contributed by atoms with Gasteiger partial charge >= 0.3 is 0 Å². The highest BCUT2D eigenvalue weighted by Crippen LogP contribution is 2.35. The zero-order valence-corrected chi connectivity index (χ0v) is 15.2. The number of methoxy groups -OCH3 is 2. The van der Waals surface area contributed by atoms with Crippen molar-refractivity contribution in [3.8, 4) is 23.8 Å². The lowest BCUT2D eigenvalue weighted by Crippen LogP contribution is -2.33. The molecule has 138 valence electrons. The Kier molecular flexibility index (Phi) is 6.18. The zero-order chi connectivity index (χ0) is 18.4. The Morgan fingerprint density at radius 3 is 2.88 bits per heavy atom. The summed E-state index contributed by atoms with van der Waals surface area (Å²) < 4.78 is 16.4. The van der Waals surface area contributed by atoms with Crippen LogP contribution in [-0.2, 0) is 6.54 Å². The molecule has 26 heavy (non-hydrogen) atoms. The quantitative estimate of drug-likeness (QED) is 0.708. The minimum Gasteiger partial charge on any atom is -0.497 e. The van der Waals surface area contributed by atoms with Crippen LogP contribution in [0.4, 0.5) is 0 Å². The van der Waals surface area contributed by atoms with Crippen molar-refractivity contribution in [2.24, 2.45) is 5.92 Å². The fourth-order valence-electron chi connectivity index (χ4n) is 3.38. The van der Waals surface area contributed by atoms with Gasteiger partial charge in [0.15, 0.2) is 0 Å². The molecule has 1 aromatic heterocycles. The van der Waals surface area contributed by atoms with Gasteiger partial charge in [-0.05, 0) is 18.2 Å². The van der Waals surface area contributed by atoms with E-state index < -0.39 is 0 Å². The van der Waals surface area contributed by atoms with Crippen molar-refractivity contribution in [2.75, 3.05) is 33.9 Å². The molecule has 2 heterocycles. The van der Waals surface area contributed by atoms with Gasteiger partial charge in [-0.2, -0.15) is 0 Å². The van der Waals surface area contributed by atoms with E-state index >= 15 is 0 Å². The normalized spacial score (nSPS) is 19.5. The van der Waals surface area contributed by atoms with Crippen molar-refractivity contribution in [3.63, 3.8) is 0 Å². The summed E-state index contributed by atoms with van der Waals surface area (Å²) in [4.78, 5) is 2.22. The Hall–Kier alpha value is -2.46. The molecule has 0 saturated carbocycles. The first-order chi connectivity index (χ1) is 12.7. The maximum Gasteiger partial charge on any atom is 0.127 e. The summed E-state index contributed by atoms with van der Waals surface area (Å²) in [5.41, 5.74) is 7.74. The van der Waals surface area contributed by atoms with Crippen LogP contribution in [0.5, 0.6) is 11.5 Å². The van der Waals surface area contributed by atoms with Crippen molar-refractivity contribution in [3.05, 3.63) is 47.9 Å². The number of rotatable bonds is 8. The summed E-state index contributed by atoms with van der Waals surface area (Å²) in [6.07, 6.45) is 7.26. The van der Waals surface area contributed by atoms with E-state index in [1.807, 2.05) is 30.3 Å². The number of benzene rings is 1. The van der Waals surface area contributed by atoms with E-state index in [4.69, 9.17) is 20.3 Å². The van der Waals surface area contributed by atoms with E-state index in [1.54, 1.807) is 20.5 Å². The summed E-state index contributed by atoms with van der Waals surface area (Å²) in [7, 11) is 3.33. The summed E-state index contributed by atoms with van der Waals surface area (Å²) in [5.74, 6) is 5.59. The van der Waals surface area contributed by atoms with Crippen molar-refractivity contribution in [1.29, 1.82) is 0 Å². The first kappa shape index (κ1) is 18.3. The number of hydrogen-bond acceptors (Lipinski definition) is 6. The van der Waals surface area contributed by atoms with Crippen LogP contribution in [0.2, 0.25) is 0 Å². The lowest BCUT2D eigenvalue weighted by atomic mass is 9.93. The SMILES string of the molecule is C#CCN(Cc1ccco1)CC1CNNC1c1ccc(OC)cc1OC. The molecule has 0 spiro atoms. The number of terminal acetylenes is 1. The fraction of sp³-hybridized carbons (Fsp3) is 0.400. The first-order valence-electron chi connectivity index (χ1n) is 8.63. The van der Waals surface area contributed by atoms with E-state index in [9.17, 15) is 0 Å². The number of hydrogen-bond donors (Lipinski definition) is 2. The summed E-state index contributed by atoms with van der Waals surface area (Å²) >= 11 is 0. The highest BCUT2D eigenvalue weighted by molar-refractivity contribution is 5.43. The van der Waals surface area contributed by atoms with Crippen LogP contribution < -0.4 is 20.3 Å². The summed E-state index contributed by atoms with van der Waals surface area (Å²) in [5, 5.41) is 0. The Morgan fingerprint density at radius 2 is 2.19 bits per heavy atom. The first-order valence-corrected chi connectivity index (χ1v) is 8.63. The van der Waals surface area contributed by atoms with E-state index in [-0.39, 0.29) is 6.04 Å². The lowest BCUT2D eigenvalue weighted by molar-refractivity contribution is 0.224. The highest BCUT2D eigenvalue weighted by atomic mass is 16.5. The van der Waals surface area contributed by atoms with Gasteiger partial charge in [-0.3, -0.25) is 10.3 Å². The Bertz CT molecular complexity index is 739. The molecule has 6 heteroatoms. The third-order valence-electron chi connectivity index (χ3n) is 4.64. The van der Waals surface area contributed by atoms with Gasteiger partial charge in [0, 0.05) is 30.6 Å². The molecule has 0 amide bonds. The molecule has 1 aliphatic heterocycles. The van der Waals surface area contributed by atoms with E-state index in [1.165, 1.54) is 0 Å². The Labute approximate surface area is 154 Å². The average molecular weight is 355 g/mol. The molecule has 0 bridgehead atoms. The van der Waals surface area contributed by atoms with Gasteiger partial charge in [-0.15, -0.1) is 6.42 Å². The van der Waals surface area contributed by atoms with Crippen molar-refractivity contribution in [2.45, 2.75) is 12.6 Å². The smallest absolute Gasteiger partial charge is 0.127 e. The van der Waals surface area contributed by atoms with Crippen molar-refractivity contribution < 1.29 is 13.9 Å². The number of nitrogens with zero attached hydrogens (tertiary/aromatic N) is 1. The molecule has 2 atom stereocenters. The van der Waals surface area contributed by atoms with Crippen LogP contribution in [0, 0.1) is 18.3 Å². The van der Waals surface area contributed by atoms with Gasteiger partial charge in [0.25, 0.3) is 0 Å². The zero-order valence-electron chi connectivity index (χ0n) is 15.2. The third-order valence-corrected chi connectivity index (χ3v) is 4.64.